The first kappa shape index (κ1) is 26.5. The van der Waals surface area contributed by atoms with E-state index in [1.54, 1.807) is 12.1 Å². The number of carbonyl (C=O) groups excluding carboxylic acids is 1. The molecule has 0 radical (unpaired) electrons. The summed E-state index contributed by atoms with van der Waals surface area (Å²) in [6.45, 7) is 6.30. The number of nitrogens with zero attached hydrogens (tertiary/aromatic N) is 2. The molecule has 2 aromatic heterocycles. The van der Waals surface area contributed by atoms with E-state index in [4.69, 9.17) is 9.47 Å². The molecule has 0 bridgehead atoms. The van der Waals surface area contributed by atoms with Crippen LogP contribution >= 0.6 is 0 Å². The average Bonchev–Trinajstić information content (AvgIpc) is 2.81. The van der Waals surface area contributed by atoms with Gasteiger partial charge in [-0.2, -0.15) is 8.42 Å². The number of sulfonamides is 1. The Labute approximate surface area is 216 Å². The summed E-state index contributed by atoms with van der Waals surface area (Å²) in [6, 6.07) is 11.6. The lowest BCUT2D eigenvalue weighted by Gasteiger charge is -2.31. The van der Waals surface area contributed by atoms with Gasteiger partial charge in [-0.25, -0.2) is 19.1 Å². The molecule has 1 aliphatic rings. The molecule has 0 spiro atoms. The Kier molecular flexibility index (Phi) is 8.06. The summed E-state index contributed by atoms with van der Waals surface area (Å²) in [5.41, 5.74) is 0.740. The standard InChI is InChI=1S/C27H30FN3O5S/c1-17(2)16-35-22-14-20(13-21(28)15-22)24-11-10-23(27(30-24)36-18(3)19-7-6-8-19)26(32)31-37(33,34)25-9-4-5-12-29-25/h4-5,9-15,17-19H,6-8,16H2,1-3H3,(H,31,32). The number of aromatic nitrogens is 2. The van der Waals surface area contributed by atoms with Crippen molar-refractivity contribution in [1.82, 2.24) is 14.7 Å². The molecule has 1 fully saturated rings. The fraction of sp³-hybridized carbons (Fsp3) is 0.370. The van der Waals surface area contributed by atoms with Crippen LogP contribution in [0.2, 0.25) is 0 Å². The van der Waals surface area contributed by atoms with E-state index < -0.39 is 21.7 Å². The van der Waals surface area contributed by atoms with Gasteiger partial charge < -0.3 is 9.47 Å². The molecule has 1 amide bonds. The molecule has 2 heterocycles. The summed E-state index contributed by atoms with van der Waals surface area (Å²) < 4.78 is 53.5. The zero-order chi connectivity index (χ0) is 26.6. The van der Waals surface area contributed by atoms with Crippen molar-refractivity contribution < 1.29 is 27.1 Å². The quantitative estimate of drug-likeness (QED) is 0.395. The van der Waals surface area contributed by atoms with Crippen LogP contribution in [-0.4, -0.2) is 37.0 Å². The molecule has 0 saturated heterocycles. The highest BCUT2D eigenvalue weighted by molar-refractivity contribution is 7.90. The molecule has 37 heavy (non-hydrogen) atoms. The van der Waals surface area contributed by atoms with E-state index in [9.17, 15) is 17.6 Å². The van der Waals surface area contributed by atoms with Gasteiger partial charge in [-0.3, -0.25) is 4.79 Å². The van der Waals surface area contributed by atoms with Gasteiger partial charge in [-0.1, -0.05) is 26.3 Å². The molecule has 1 unspecified atom stereocenters. The number of hydrogen-bond donors (Lipinski definition) is 1. The van der Waals surface area contributed by atoms with Crippen molar-refractivity contribution in [3.63, 3.8) is 0 Å². The maximum atomic E-state index is 14.4. The number of benzene rings is 1. The molecule has 3 aromatic rings. The van der Waals surface area contributed by atoms with Crippen LogP contribution < -0.4 is 14.2 Å². The van der Waals surface area contributed by atoms with Gasteiger partial charge in [0.05, 0.1) is 12.3 Å². The number of halogens is 1. The second-order valence-corrected chi connectivity index (χ2v) is 11.2. The summed E-state index contributed by atoms with van der Waals surface area (Å²) in [5.74, 6) is -0.493. The van der Waals surface area contributed by atoms with Crippen LogP contribution in [0.3, 0.4) is 0 Å². The van der Waals surface area contributed by atoms with Gasteiger partial charge in [0.1, 0.15) is 23.2 Å². The first-order valence-electron chi connectivity index (χ1n) is 12.2. The highest BCUT2D eigenvalue weighted by Gasteiger charge is 2.29. The molecule has 0 aliphatic heterocycles. The lowest BCUT2D eigenvalue weighted by molar-refractivity contribution is 0.0884. The van der Waals surface area contributed by atoms with E-state index in [1.807, 2.05) is 25.5 Å². The molecule has 4 rings (SSSR count). The predicted octanol–water partition coefficient (Wildman–Crippen LogP) is 5.00. The van der Waals surface area contributed by atoms with Crippen LogP contribution in [0, 0.1) is 17.7 Å². The smallest absolute Gasteiger partial charge is 0.281 e. The van der Waals surface area contributed by atoms with Gasteiger partial charge in [0, 0.05) is 17.8 Å². The van der Waals surface area contributed by atoms with Crippen LogP contribution in [0.5, 0.6) is 11.6 Å². The van der Waals surface area contributed by atoms with Gasteiger partial charge in [0.15, 0.2) is 5.03 Å². The van der Waals surface area contributed by atoms with Gasteiger partial charge in [-0.05, 0) is 68.0 Å². The van der Waals surface area contributed by atoms with E-state index in [0.29, 0.717) is 29.5 Å². The summed E-state index contributed by atoms with van der Waals surface area (Å²) in [5, 5.41) is -0.285. The fourth-order valence-corrected chi connectivity index (χ4v) is 4.75. The lowest BCUT2D eigenvalue weighted by Crippen LogP contribution is -2.33. The Morgan fingerprint density at radius 2 is 1.92 bits per heavy atom. The Morgan fingerprint density at radius 1 is 1.14 bits per heavy atom. The zero-order valence-corrected chi connectivity index (χ0v) is 21.8. The Bertz CT molecular complexity index is 1360. The second-order valence-electron chi connectivity index (χ2n) is 9.55. The zero-order valence-electron chi connectivity index (χ0n) is 21.0. The number of ether oxygens (including phenoxy) is 2. The number of pyridine rings is 2. The van der Waals surface area contributed by atoms with Crippen molar-refractivity contribution in [3.05, 3.63) is 66.1 Å². The van der Waals surface area contributed by atoms with E-state index in [2.05, 4.69) is 9.97 Å². The minimum Gasteiger partial charge on any atom is -0.493 e. The van der Waals surface area contributed by atoms with Crippen molar-refractivity contribution in [1.29, 1.82) is 0 Å². The van der Waals surface area contributed by atoms with Crippen molar-refractivity contribution >= 4 is 15.9 Å². The summed E-state index contributed by atoms with van der Waals surface area (Å²) in [6.07, 6.45) is 4.17. The lowest BCUT2D eigenvalue weighted by atomic mass is 9.82. The van der Waals surface area contributed by atoms with Crippen molar-refractivity contribution in [2.24, 2.45) is 11.8 Å². The monoisotopic (exact) mass is 527 g/mol. The van der Waals surface area contributed by atoms with E-state index in [0.717, 1.165) is 19.3 Å². The molecule has 1 atom stereocenters. The van der Waals surface area contributed by atoms with Crippen LogP contribution in [-0.2, 0) is 10.0 Å². The van der Waals surface area contributed by atoms with Crippen LogP contribution in [0.1, 0.15) is 50.4 Å². The molecule has 10 heteroatoms. The number of carbonyl (C=O) groups is 1. The van der Waals surface area contributed by atoms with Crippen molar-refractivity contribution in [2.75, 3.05) is 6.61 Å². The normalized spacial score (nSPS) is 14.6. The molecule has 196 valence electrons. The molecular weight excluding hydrogens is 497 g/mol. The van der Waals surface area contributed by atoms with Crippen molar-refractivity contribution in [3.8, 4) is 22.9 Å². The first-order valence-corrected chi connectivity index (χ1v) is 13.7. The fourth-order valence-electron chi connectivity index (χ4n) is 3.84. The average molecular weight is 528 g/mol. The maximum absolute atomic E-state index is 14.4. The Balaban J connectivity index is 1.67. The third kappa shape index (κ3) is 6.62. The SMILES string of the molecule is CC(C)COc1cc(F)cc(-c2ccc(C(=O)NS(=O)(=O)c3ccccn3)c(OC(C)C3CCC3)n2)c1. The first-order chi connectivity index (χ1) is 17.6. The van der Waals surface area contributed by atoms with Crippen LogP contribution in [0.4, 0.5) is 4.39 Å². The largest absolute Gasteiger partial charge is 0.493 e. The Hall–Kier alpha value is -3.53. The number of hydrogen-bond acceptors (Lipinski definition) is 7. The summed E-state index contributed by atoms with van der Waals surface area (Å²) in [7, 11) is -4.21. The highest BCUT2D eigenvalue weighted by atomic mass is 32.2. The van der Waals surface area contributed by atoms with E-state index >= 15 is 0 Å². The molecule has 1 aromatic carbocycles. The Morgan fingerprint density at radius 3 is 2.57 bits per heavy atom. The summed E-state index contributed by atoms with van der Waals surface area (Å²) in [4.78, 5) is 21.4. The molecule has 1 saturated carbocycles. The minimum atomic E-state index is -4.21. The number of amides is 1. The number of nitrogens with one attached hydrogen (secondary N) is 1. The summed E-state index contributed by atoms with van der Waals surface area (Å²) >= 11 is 0. The van der Waals surface area contributed by atoms with E-state index in [-0.39, 0.29) is 28.5 Å². The third-order valence-electron chi connectivity index (χ3n) is 6.11. The molecular formula is C27H30FN3O5S. The molecule has 1 aliphatic carbocycles. The van der Waals surface area contributed by atoms with Crippen molar-refractivity contribution in [2.45, 2.75) is 51.2 Å². The highest BCUT2D eigenvalue weighted by Crippen LogP contribution is 2.33. The molecule has 8 nitrogen and oxygen atoms in total. The second kappa shape index (κ2) is 11.2. The topological polar surface area (TPSA) is 107 Å². The van der Waals surface area contributed by atoms with Crippen LogP contribution in [0.15, 0.2) is 59.8 Å². The molecule has 1 N–H and O–H groups in total. The maximum Gasteiger partial charge on any atom is 0.281 e. The van der Waals surface area contributed by atoms with Crippen LogP contribution in [0.25, 0.3) is 11.3 Å². The van der Waals surface area contributed by atoms with Gasteiger partial charge in [-0.15, -0.1) is 0 Å². The van der Waals surface area contributed by atoms with Gasteiger partial charge >= 0.3 is 0 Å². The van der Waals surface area contributed by atoms with E-state index in [1.165, 1.54) is 42.6 Å². The van der Waals surface area contributed by atoms with Gasteiger partial charge in [0.2, 0.25) is 5.88 Å². The third-order valence-corrected chi connectivity index (χ3v) is 7.35. The minimum absolute atomic E-state index is 0.0282. The number of rotatable bonds is 10. The van der Waals surface area contributed by atoms with Gasteiger partial charge in [0.25, 0.3) is 15.9 Å². The predicted molar refractivity (Wildman–Crippen MR) is 136 cm³/mol.